The average molecular weight is 590 g/mol. The third-order valence-corrected chi connectivity index (χ3v) is 7.37. The molecule has 0 N–H and O–H groups in total. The van der Waals surface area contributed by atoms with Gasteiger partial charge in [0, 0.05) is 16.5 Å². The van der Waals surface area contributed by atoms with E-state index in [0.29, 0.717) is 0 Å². The molecule has 0 atom stereocenters. The van der Waals surface area contributed by atoms with Gasteiger partial charge in [-0.2, -0.15) is 0 Å². The van der Waals surface area contributed by atoms with E-state index in [1.54, 1.807) is 0 Å². The number of rotatable bonds is 20. The number of hydrogen-bond donors (Lipinski definition) is 0. The molecule has 2 nitrogen and oxygen atoms in total. The number of nitrogens with zero attached hydrogens (tertiary/aromatic N) is 2. The second-order valence-electron chi connectivity index (χ2n) is 11.4. The second-order valence-corrected chi connectivity index (χ2v) is 11.4. The van der Waals surface area contributed by atoms with Crippen LogP contribution in [0.1, 0.15) is 147 Å². The molecule has 2 aromatic carbocycles. The minimum atomic E-state index is 0. The fraction of sp³-hybridized carbons (Fsp3) is 0.622. The first kappa shape index (κ1) is 36.3. The summed E-state index contributed by atoms with van der Waals surface area (Å²) in [7, 11) is 0. The van der Waals surface area contributed by atoms with E-state index in [1.807, 2.05) is 0 Å². The molecule has 0 aromatic heterocycles. The Bertz CT molecular complexity index is 972. The average Bonchev–Trinajstić information content (AvgIpc) is 2.91. The maximum Gasteiger partial charge on any atom is 0.0639 e. The van der Waals surface area contributed by atoms with Gasteiger partial charge in [0.2, 0.25) is 0 Å². The predicted molar refractivity (Wildman–Crippen MR) is 176 cm³/mol. The summed E-state index contributed by atoms with van der Waals surface area (Å²) < 4.78 is 0. The van der Waals surface area contributed by atoms with E-state index in [2.05, 4.69) is 77.9 Å². The smallest absolute Gasteiger partial charge is 0.0639 e. The van der Waals surface area contributed by atoms with Gasteiger partial charge in [-0.25, -0.2) is 0 Å². The zero-order chi connectivity index (χ0) is 28.3. The van der Waals surface area contributed by atoms with Crippen molar-refractivity contribution in [2.75, 3.05) is 0 Å². The molecule has 2 rings (SSSR count). The van der Waals surface area contributed by atoms with Crippen LogP contribution in [0.15, 0.2) is 46.4 Å². The first-order chi connectivity index (χ1) is 19.1. The summed E-state index contributed by atoms with van der Waals surface area (Å²) in [6.45, 7) is 13.7. The van der Waals surface area contributed by atoms with Crippen LogP contribution in [0.3, 0.4) is 0 Å². The molecule has 0 unspecified atom stereocenters. The van der Waals surface area contributed by atoms with Gasteiger partial charge in [0.1, 0.15) is 0 Å². The summed E-state index contributed by atoms with van der Waals surface area (Å²) in [4.78, 5) is 10.8. The SMILES string of the molecule is CCCCCCC(=Nc1cc(CCC)cc(CCC)c1)C(CCCCC)=Nc1cc(CCC)cc(CCC)c1.[Ni]. The summed E-state index contributed by atoms with van der Waals surface area (Å²) >= 11 is 0. The van der Waals surface area contributed by atoms with Crippen molar-refractivity contribution in [2.24, 2.45) is 9.98 Å². The van der Waals surface area contributed by atoms with Gasteiger partial charge in [0.05, 0.1) is 22.8 Å². The third-order valence-electron chi connectivity index (χ3n) is 7.37. The van der Waals surface area contributed by atoms with E-state index in [4.69, 9.17) is 9.98 Å². The fourth-order valence-corrected chi connectivity index (χ4v) is 5.45. The van der Waals surface area contributed by atoms with E-state index < -0.39 is 0 Å². The number of aryl methyl sites for hydroxylation is 4. The zero-order valence-corrected chi connectivity index (χ0v) is 27.7. The maximum atomic E-state index is 5.42. The number of hydrogen-bond acceptors (Lipinski definition) is 2. The van der Waals surface area contributed by atoms with Crippen LogP contribution in [-0.2, 0) is 42.2 Å². The maximum absolute atomic E-state index is 5.42. The van der Waals surface area contributed by atoms with Crippen molar-refractivity contribution in [3.05, 3.63) is 58.7 Å². The Labute approximate surface area is 257 Å². The van der Waals surface area contributed by atoms with Gasteiger partial charge < -0.3 is 0 Å². The Kier molecular flexibility index (Phi) is 19.9. The van der Waals surface area contributed by atoms with Crippen molar-refractivity contribution in [3.8, 4) is 0 Å². The van der Waals surface area contributed by atoms with Crippen LogP contribution < -0.4 is 0 Å². The monoisotopic (exact) mass is 588 g/mol. The molecular formula is C37H58N2Ni. The molecule has 0 spiro atoms. The van der Waals surface area contributed by atoms with Crippen molar-refractivity contribution < 1.29 is 16.5 Å². The molecule has 0 aliphatic carbocycles. The molecule has 0 fully saturated rings. The standard InChI is InChI=1S/C37H58N2.Ni/c1-7-13-15-17-23-37(39-35-28-32(20-11-5)25-33(29-35)21-12-6)36(22-16-14-8-2)38-34-26-30(18-9-3)24-31(27-34)19-10-4;/h24-29H,7-23H2,1-6H3;. The van der Waals surface area contributed by atoms with Crippen LogP contribution in [-0.4, -0.2) is 11.4 Å². The Morgan fingerprint density at radius 3 is 1.07 bits per heavy atom. The molecule has 0 saturated carbocycles. The van der Waals surface area contributed by atoms with Crippen molar-refractivity contribution in [2.45, 2.75) is 151 Å². The summed E-state index contributed by atoms with van der Waals surface area (Å²) in [5, 5.41) is 0. The molecule has 226 valence electrons. The van der Waals surface area contributed by atoms with Crippen LogP contribution >= 0.6 is 0 Å². The summed E-state index contributed by atoms with van der Waals surface area (Å²) in [6.07, 6.45) is 19.8. The second kappa shape index (κ2) is 21.9. The van der Waals surface area contributed by atoms with E-state index in [9.17, 15) is 0 Å². The summed E-state index contributed by atoms with van der Waals surface area (Å²) in [6, 6.07) is 14.1. The van der Waals surface area contributed by atoms with E-state index in [0.717, 1.165) is 49.9 Å². The number of aliphatic imine (C=N–C) groups is 2. The Balaban J connectivity index is 0.00000800. The number of benzene rings is 2. The van der Waals surface area contributed by atoms with Gasteiger partial charge in [0.15, 0.2) is 0 Å². The molecule has 40 heavy (non-hydrogen) atoms. The normalized spacial score (nSPS) is 12.1. The van der Waals surface area contributed by atoms with Crippen molar-refractivity contribution >= 4 is 22.8 Å². The van der Waals surface area contributed by atoms with E-state index >= 15 is 0 Å². The van der Waals surface area contributed by atoms with Crippen molar-refractivity contribution in [3.63, 3.8) is 0 Å². The van der Waals surface area contributed by atoms with Gasteiger partial charge in [-0.1, -0.05) is 111 Å². The topological polar surface area (TPSA) is 24.7 Å². The van der Waals surface area contributed by atoms with Crippen LogP contribution in [0.2, 0.25) is 0 Å². The zero-order valence-electron chi connectivity index (χ0n) is 26.7. The molecule has 2 aromatic rings. The molecule has 0 heterocycles. The molecule has 0 amide bonds. The first-order valence-corrected chi connectivity index (χ1v) is 16.5. The van der Waals surface area contributed by atoms with Crippen LogP contribution in [0.25, 0.3) is 0 Å². The predicted octanol–water partition coefficient (Wildman–Crippen LogP) is 11.9. The summed E-state index contributed by atoms with van der Waals surface area (Å²) in [5.74, 6) is 0. The van der Waals surface area contributed by atoms with Crippen LogP contribution in [0, 0.1) is 0 Å². The van der Waals surface area contributed by atoms with Crippen LogP contribution in [0.5, 0.6) is 0 Å². The Morgan fingerprint density at radius 1 is 0.425 bits per heavy atom. The largest absolute Gasteiger partial charge is 0.252 e. The van der Waals surface area contributed by atoms with Gasteiger partial charge >= 0.3 is 0 Å². The minimum Gasteiger partial charge on any atom is -0.252 e. The quantitative estimate of drug-likeness (QED) is 0.0834. The van der Waals surface area contributed by atoms with Crippen LogP contribution in [0.4, 0.5) is 11.4 Å². The summed E-state index contributed by atoms with van der Waals surface area (Å²) in [5.41, 5.74) is 10.4. The third kappa shape index (κ3) is 13.8. The van der Waals surface area contributed by atoms with Gasteiger partial charge in [-0.05, 0) is 97.9 Å². The first-order valence-electron chi connectivity index (χ1n) is 16.5. The van der Waals surface area contributed by atoms with Gasteiger partial charge in [-0.3, -0.25) is 9.98 Å². The molecule has 0 saturated heterocycles. The molecular weight excluding hydrogens is 531 g/mol. The number of unbranched alkanes of at least 4 members (excludes halogenated alkanes) is 5. The molecule has 0 radical (unpaired) electrons. The molecule has 0 aliphatic rings. The Hall–Kier alpha value is -1.73. The van der Waals surface area contributed by atoms with Crippen molar-refractivity contribution in [1.82, 2.24) is 0 Å². The minimum absolute atomic E-state index is 0. The van der Waals surface area contributed by atoms with E-state index in [-0.39, 0.29) is 16.5 Å². The van der Waals surface area contributed by atoms with Gasteiger partial charge in [-0.15, -0.1) is 0 Å². The molecule has 0 bridgehead atoms. The molecule has 3 heteroatoms. The van der Waals surface area contributed by atoms with E-state index in [1.165, 1.54) is 104 Å². The molecule has 0 aliphatic heterocycles. The van der Waals surface area contributed by atoms with Gasteiger partial charge in [0.25, 0.3) is 0 Å². The Morgan fingerprint density at radius 2 is 0.750 bits per heavy atom. The fourth-order valence-electron chi connectivity index (χ4n) is 5.45. The van der Waals surface area contributed by atoms with Crippen molar-refractivity contribution in [1.29, 1.82) is 0 Å².